The van der Waals surface area contributed by atoms with Gasteiger partial charge in [-0.05, 0) is 6.07 Å². The van der Waals surface area contributed by atoms with Gasteiger partial charge in [-0.3, -0.25) is 9.59 Å². The van der Waals surface area contributed by atoms with Crippen molar-refractivity contribution in [2.45, 2.75) is 32.7 Å². The van der Waals surface area contributed by atoms with E-state index < -0.39 is 0 Å². The fourth-order valence-electron chi connectivity index (χ4n) is 1.81. The Morgan fingerprint density at radius 2 is 1.75 bits per heavy atom. The average molecular weight is 270 g/mol. The summed E-state index contributed by atoms with van der Waals surface area (Å²) in [7, 11) is 0. The van der Waals surface area contributed by atoms with Gasteiger partial charge in [0.2, 0.25) is 0 Å². The molecule has 2 aromatic rings. The first-order chi connectivity index (χ1) is 9.38. The normalized spacial score (nSPS) is 11.3. The van der Waals surface area contributed by atoms with E-state index in [0.29, 0.717) is 5.56 Å². The topological polar surface area (TPSA) is 52.0 Å². The third kappa shape index (κ3) is 3.20. The molecule has 1 aromatic carbocycles. The smallest absolute Gasteiger partial charge is 0.267 e. The average Bonchev–Trinajstić information content (AvgIpc) is 2.41. The van der Waals surface area contributed by atoms with Gasteiger partial charge >= 0.3 is 0 Å². The SMILES string of the molecule is CC(C)(C)c1ccc(=O)n(CC(=O)c2ccccc2)n1. The highest BCUT2D eigenvalue weighted by Gasteiger charge is 2.17. The molecule has 0 aliphatic heterocycles. The number of hydrogen-bond acceptors (Lipinski definition) is 3. The second kappa shape index (κ2) is 5.41. The number of carbonyl (C=O) groups excluding carboxylic acids is 1. The molecule has 0 amide bonds. The summed E-state index contributed by atoms with van der Waals surface area (Å²) in [5.41, 5.74) is 0.952. The highest BCUT2D eigenvalue weighted by molar-refractivity contribution is 5.95. The van der Waals surface area contributed by atoms with Crippen LogP contribution in [0.1, 0.15) is 36.8 Å². The van der Waals surface area contributed by atoms with E-state index in [1.807, 2.05) is 26.8 Å². The third-order valence-electron chi connectivity index (χ3n) is 3.02. The monoisotopic (exact) mass is 270 g/mol. The minimum Gasteiger partial charge on any atom is -0.292 e. The maximum Gasteiger partial charge on any atom is 0.267 e. The molecule has 0 radical (unpaired) electrons. The van der Waals surface area contributed by atoms with Crippen LogP contribution in [-0.2, 0) is 12.0 Å². The van der Waals surface area contributed by atoms with Crippen LogP contribution in [0.25, 0.3) is 0 Å². The Bertz CT molecular complexity index is 667. The van der Waals surface area contributed by atoms with E-state index in [-0.39, 0.29) is 23.3 Å². The lowest BCUT2D eigenvalue weighted by Gasteiger charge is -2.18. The van der Waals surface area contributed by atoms with Gasteiger partial charge in [-0.2, -0.15) is 5.10 Å². The van der Waals surface area contributed by atoms with Crippen LogP contribution in [0.5, 0.6) is 0 Å². The molecule has 104 valence electrons. The molecular formula is C16H18N2O2. The molecule has 0 unspecified atom stereocenters. The second-order valence-electron chi connectivity index (χ2n) is 5.75. The number of Topliss-reactive ketones (excluding diaryl/α,β-unsaturated/α-hetero) is 1. The minimum absolute atomic E-state index is 0.0350. The number of ketones is 1. The summed E-state index contributed by atoms with van der Waals surface area (Å²) < 4.78 is 1.23. The van der Waals surface area contributed by atoms with Gasteiger partial charge < -0.3 is 0 Å². The molecule has 0 aliphatic rings. The second-order valence-corrected chi connectivity index (χ2v) is 5.75. The highest BCUT2D eigenvalue weighted by atomic mass is 16.1. The zero-order chi connectivity index (χ0) is 14.8. The largest absolute Gasteiger partial charge is 0.292 e. The van der Waals surface area contributed by atoms with Crippen molar-refractivity contribution < 1.29 is 4.79 Å². The fraction of sp³-hybridized carbons (Fsp3) is 0.312. The van der Waals surface area contributed by atoms with Crippen LogP contribution < -0.4 is 5.56 Å². The van der Waals surface area contributed by atoms with Crippen LogP contribution in [0.2, 0.25) is 0 Å². The number of rotatable bonds is 3. The third-order valence-corrected chi connectivity index (χ3v) is 3.02. The van der Waals surface area contributed by atoms with E-state index in [1.54, 1.807) is 30.3 Å². The summed E-state index contributed by atoms with van der Waals surface area (Å²) in [6.45, 7) is 6.02. The minimum atomic E-state index is -0.262. The quantitative estimate of drug-likeness (QED) is 0.805. The summed E-state index contributed by atoms with van der Waals surface area (Å²) in [5.74, 6) is -0.119. The zero-order valence-electron chi connectivity index (χ0n) is 12.0. The number of benzene rings is 1. The van der Waals surface area contributed by atoms with Crippen molar-refractivity contribution >= 4 is 5.78 Å². The van der Waals surface area contributed by atoms with Crippen molar-refractivity contribution in [3.63, 3.8) is 0 Å². The molecular weight excluding hydrogens is 252 g/mol. The molecule has 1 heterocycles. The van der Waals surface area contributed by atoms with Gasteiger partial charge in [0, 0.05) is 17.0 Å². The van der Waals surface area contributed by atoms with E-state index in [0.717, 1.165) is 5.69 Å². The Labute approximate surface area is 118 Å². The highest BCUT2D eigenvalue weighted by Crippen LogP contribution is 2.18. The Morgan fingerprint density at radius 1 is 1.10 bits per heavy atom. The van der Waals surface area contributed by atoms with Crippen LogP contribution in [0.15, 0.2) is 47.3 Å². The molecule has 4 heteroatoms. The molecule has 0 saturated carbocycles. The molecule has 4 nitrogen and oxygen atoms in total. The lowest BCUT2D eigenvalue weighted by atomic mass is 9.92. The van der Waals surface area contributed by atoms with Gasteiger partial charge in [0.1, 0.15) is 6.54 Å². The molecule has 0 saturated heterocycles. The molecule has 0 aliphatic carbocycles. The fourth-order valence-corrected chi connectivity index (χ4v) is 1.81. The van der Waals surface area contributed by atoms with Gasteiger partial charge in [-0.25, -0.2) is 4.68 Å². The number of nitrogens with zero attached hydrogens (tertiary/aromatic N) is 2. The first kappa shape index (κ1) is 14.2. The van der Waals surface area contributed by atoms with E-state index in [2.05, 4.69) is 5.10 Å². The zero-order valence-corrected chi connectivity index (χ0v) is 12.0. The summed E-state index contributed by atoms with van der Waals surface area (Å²) in [5, 5.41) is 4.29. The van der Waals surface area contributed by atoms with Crippen molar-refractivity contribution in [3.8, 4) is 0 Å². The van der Waals surface area contributed by atoms with E-state index >= 15 is 0 Å². The lowest BCUT2D eigenvalue weighted by Crippen LogP contribution is -2.29. The molecule has 2 rings (SSSR count). The number of hydrogen-bond donors (Lipinski definition) is 0. The van der Waals surface area contributed by atoms with Crippen LogP contribution >= 0.6 is 0 Å². The molecule has 0 bridgehead atoms. The van der Waals surface area contributed by atoms with Crippen molar-refractivity contribution in [2.24, 2.45) is 0 Å². The van der Waals surface area contributed by atoms with Gasteiger partial charge in [0.25, 0.3) is 5.56 Å². The standard InChI is InChI=1S/C16H18N2O2/c1-16(2,3)14-9-10-15(20)18(17-14)11-13(19)12-7-5-4-6-8-12/h4-10H,11H2,1-3H3. The summed E-state index contributed by atoms with van der Waals surface area (Å²) in [4.78, 5) is 23.9. The van der Waals surface area contributed by atoms with Crippen molar-refractivity contribution in [1.29, 1.82) is 0 Å². The molecule has 0 atom stereocenters. The van der Waals surface area contributed by atoms with Gasteiger partial charge in [0.15, 0.2) is 5.78 Å². The molecule has 20 heavy (non-hydrogen) atoms. The Balaban J connectivity index is 2.30. The summed E-state index contributed by atoms with van der Waals surface area (Å²) in [6, 6.07) is 12.1. The van der Waals surface area contributed by atoms with Crippen LogP contribution in [0, 0.1) is 0 Å². The Kier molecular flexibility index (Phi) is 3.84. The molecule has 0 fully saturated rings. The van der Waals surface area contributed by atoms with Crippen LogP contribution in [-0.4, -0.2) is 15.6 Å². The van der Waals surface area contributed by atoms with Gasteiger partial charge in [-0.15, -0.1) is 0 Å². The predicted molar refractivity (Wildman–Crippen MR) is 78.0 cm³/mol. The molecule has 1 aromatic heterocycles. The molecule has 0 spiro atoms. The van der Waals surface area contributed by atoms with Crippen LogP contribution in [0.3, 0.4) is 0 Å². The summed E-state index contributed by atoms with van der Waals surface area (Å²) in [6.07, 6.45) is 0. The Morgan fingerprint density at radius 3 is 2.35 bits per heavy atom. The molecule has 0 N–H and O–H groups in total. The van der Waals surface area contributed by atoms with Crippen molar-refractivity contribution in [3.05, 3.63) is 64.1 Å². The Hall–Kier alpha value is -2.23. The summed E-state index contributed by atoms with van der Waals surface area (Å²) >= 11 is 0. The maximum absolute atomic E-state index is 12.1. The van der Waals surface area contributed by atoms with Crippen molar-refractivity contribution in [1.82, 2.24) is 9.78 Å². The maximum atomic E-state index is 12.1. The van der Waals surface area contributed by atoms with E-state index in [9.17, 15) is 9.59 Å². The number of aromatic nitrogens is 2. The van der Waals surface area contributed by atoms with E-state index in [4.69, 9.17) is 0 Å². The van der Waals surface area contributed by atoms with Gasteiger partial charge in [-0.1, -0.05) is 51.1 Å². The van der Waals surface area contributed by atoms with Gasteiger partial charge in [0.05, 0.1) is 5.69 Å². The first-order valence-corrected chi connectivity index (χ1v) is 6.55. The van der Waals surface area contributed by atoms with Crippen molar-refractivity contribution in [2.75, 3.05) is 0 Å². The number of carbonyl (C=O) groups is 1. The predicted octanol–water partition coefficient (Wildman–Crippen LogP) is 2.42. The van der Waals surface area contributed by atoms with Crippen LogP contribution in [0.4, 0.5) is 0 Å². The lowest BCUT2D eigenvalue weighted by molar-refractivity contribution is 0.0965. The first-order valence-electron chi connectivity index (χ1n) is 6.55. The van der Waals surface area contributed by atoms with E-state index in [1.165, 1.54) is 10.7 Å².